The Hall–Kier alpha value is -0.860. The summed E-state index contributed by atoms with van der Waals surface area (Å²) in [4.78, 5) is 0. The molecule has 0 fully saturated rings. The molecule has 0 amide bonds. The van der Waals surface area contributed by atoms with E-state index >= 15 is 0 Å². The molecule has 0 aliphatic carbocycles. The number of aliphatic hydroxyl groups is 2. The van der Waals surface area contributed by atoms with Crippen molar-refractivity contribution >= 4 is 0 Å². The molecule has 1 aromatic rings. The second-order valence-electron chi connectivity index (χ2n) is 3.51. The second-order valence-corrected chi connectivity index (χ2v) is 3.51. The fraction of sp³-hybridized carbons (Fsp3) is 0.500. The first-order valence-corrected chi connectivity index (χ1v) is 5.15. The molecular weight excluding hydrogens is 176 g/mol. The van der Waals surface area contributed by atoms with Crippen LogP contribution >= 0.6 is 0 Å². The summed E-state index contributed by atoms with van der Waals surface area (Å²) < 4.78 is 0. The highest BCUT2D eigenvalue weighted by Gasteiger charge is 2.07. The van der Waals surface area contributed by atoms with Gasteiger partial charge in [-0.2, -0.15) is 0 Å². The first-order valence-electron chi connectivity index (χ1n) is 5.15. The van der Waals surface area contributed by atoms with E-state index in [9.17, 15) is 10.2 Å². The maximum Gasteiger partial charge on any atom is 0.0787 e. The highest BCUT2D eigenvalue weighted by atomic mass is 16.3. The summed E-state index contributed by atoms with van der Waals surface area (Å²) in [6.45, 7) is 3.89. The van der Waals surface area contributed by atoms with Crippen LogP contribution in [0.25, 0.3) is 0 Å². The molecule has 0 spiro atoms. The van der Waals surface area contributed by atoms with Crippen molar-refractivity contribution in [3.05, 3.63) is 35.4 Å². The molecule has 0 radical (unpaired) electrons. The average molecular weight is 194 g/mol. The number of hydrogen-bond donors (Lipinski definition) is 2. The molecule has 2 atom stereocenters. The van der Waals surface area contributed by atoms with Gasteiger partial charge in [0.1, 0.15) is 0 Å². The molecule has 2 N–H and O–H groups in total. The predicted molar refractivity (Wildman–Crippen MR) is 56.9 cm³/mol. The van der Waals surface area contributed by atoms with Gasteiger partial charge in [0.2, 0.25) is 0 Å². The molecule has 78 valence electrons. The van der Waals surface area contributed by atoms with Crippen LogP contribution in [0.3, 0.4) is 0 Å². The predicted octanol–water partition coefficient (Wildman–Crippen LogP) is 2.57. The monoisotopic (exact) mass is 194 g/mol. The second kappa shape index (κ2) is 5.13. The summed E-state index contributed by atoms with van der Waals surface area (Å²) in [6.07, 6.45) is 0.663. The van der Waals surface area contributed by atoms with Crippen molar-refractivity contribution in [3.8, 4) is 0 Å². The molecule has 2 heteroatoms. The van der Waals surface area contributed by atoms with Gasteiger partial charge in [-0.3, -0.25) is 0 Å². The summed E-state index contributed by atoms with van der Waals surface area (Å²) in [7, 11) is 0. The SMILES string of the molecule is CC[C@@H](O)c1ccc([C@@H](O)CC)cc1. The average Bonchev–Trinajstić information content (AvgIpc) is 2.27. The summed E-state index contributed by atoms with van der Waals surface area (Å²) >= 11 is 0. The quantitative estimate of drug-likeness (QED) is 0.773. The van der Waals surface area contributed by atoms with Crippen molar-refractivity contribution in [2.45, 2.75) is 38.9 Å². The summed E-state index contributed by atoms with van der Waals surface area (Å²) in [5.74, 6) is 0. The highest BCUT2D eigenvalue weighted by molar-refractivity contribution is 5.25. The topological polar surface area (TPSA) is 40.5 Å². The third kappa shape index (κ3) is 2.56. The van der Waals surface area contributed by atoms with Crippen LogP contribution in [0, 0.1) is 0 Å². The molecule has 0 saturated heterocycles. The Balaban J connectivity index is 2.78. The Bertz CT molecular complexity index is 237. The third-order valence-corrected chi connectivity index (χ3v) is 2.48. The lowest BCUT2D eigenvalue weighted by Gasteiger charge is -2.11. The first-order chi connectivity index (χ1) is 6.69. The van der Waals surface area contributed by atoms with Gasteiger partial charge in [0.25, 0.3) is 0 Å². The van der Waals surface area contributed by atoms with Gasteiger partial charge in [-0.25, -0.2) is 0 Å². The zero-order valence-corrected chi connectivity index (χ0v) is 8.77. The van der Waals surface area contributed by atoms with E-state index in [-0.39, 0.29) is 12.2 Å². The maximum atomic E-state index is 9.55. The van der Waals surface area contributed by atoms with E-state index in [1.54, 1.807) is 0 Å². The van der Waals surface area contributed by atoms with Gasteiger partial charge in [-0.1, -0.05) is 38.1 Å². The lowest BCUT2D eigenvalue weighted by Crippen LogP contribution is -1.98. The Kier molecular flexibility index (Phi) is 4.11. The van der Waals surface area contributed by atoms with E-state index < -0.39 is 0 Å². The van der Waals surface area contributed by atoms with Crippen LogP contribution in [0.2, 0.25) is 0 Å². The molecule has 1 aromatic carbocycles. The van der Waals surface area contributed by atoms with E-state index in [0.717, 1.165) is 24.0 Å². The Labute approximate surface area is 85.2 Å². The van der Waals surface area contributed by atoms with E-state index in [1.165, 1.54) is 0 Å². The van der Waals surface area contributed by atoms with Crippen LogP contribution in [-0.4, -0.2) is 10.2 Å². The van der Waals surface area contributed by atoms with Crippen LogP contribution in [0.4, 0.5) is 0 Å². The Morgan fingerprint density at radius 2 is 1.14 bits per heavy atom. The summed E-state index contributed by atoms with van der Waals surface area (Å²) in [5.41, 5.74) is 1.83. The van der Waals surface area contributed by atoms with Crippen molar-refractivity contribution in [2.75, 3.05) is 0 Å². The molecule has 0 aromatic heterocycles. The highest BCUT2D eigenvalue weighted by Crippen LogP contribution is 2.20. The Morgan fingerprint density at radius 3 is 1.36 bits per heavy atom. The molecule has 14 heavy (non-hydrogen) atoms. The van der Waals surface area contributed by atoms with Gasteiger partial charge in [0, 0.05) is 0 Å². The molecule has 0 unspecified atom stereocenters. The normalized spacial score (nSPS) is 15.1. The van der Waals surface area contributed by atoms with Crippen LogP contribution in [0.5, 0.6) is 0 Å². The molecule has 0 saturated carbocycles. The minimum Gasteiger partial charge on any atom is -0.388 e. The third-order valence-electron chi connectivity index (χ3n) is 2.48. The number of hydrogen-bond acceptors (Lipinski definition) is 2. The van der Waals surface area contributed by atoms with Gasteiger partial charge in [0.15, 0.2) is 0 Å². The molecule has 2 nitrogen and oxygen atoms in total. The van der Waals surface area contributed by atoms with Crippen molar-refractivity contribution in [2.24, 2.45) is 0 Å². The van der Waals surface area contributed by atoms with Gasteiger partial charge in [-0.15, -0.1) is 0 Å². The van der Waals surface area contributed by atoms with Crippen molar-refractivity contribution in [1.82, 2.24) is 0 Å². The molecule has 1 rings (SSSR count). The van der Waals surface area contributed by atoms with Gasteiger partial charge in [-0.05, 0) is 24.0 Å². The fourth-order valence-corrected chi connectivity index (χ4v) is 1.41. The van der Waals surface area contributed by atoms with Gasteiger partial charge in [0.05, 0.1) is 12.2 Å². The summed E-state index contributed by atoms with van der Waals surface area (Å²) in [6, 6.07) is 7.51. The van der Waals surface area contributed by atoms with E-state index in [0.29, 0.717) is 0 Å². The van der Waals surface area contributed by atoms with E-state index in [4.69, 9.17) is 0 Å². The summed E-state index contributed by atoms with van der Waals surface area (Å²) in [5, 5.41) is 19.1. The number of rotatable bonds is 4. The van der Waals surface area contributed by atoms with Crippen molar-refractivity contribution in [3.63, 3.8) is 0 Å². The van der Waals surface area contributed by atoms with Crippen molar-refractivity contribution < 1.29 is 10.2 Å². The Morgan fingerprint density at radius 1 is 0.857 bits per heavy atom. The van der Waals surface area contributed by atoms with Crippen LogP contribution in [0.1, 0.15) is 50.0 Å². The minimum atomic E-state index is -0.386. The van der Waals surface area contributed by atoms with Crippen LogP contribution < -0.4 is 0 Å². The first kappa shape index (κ1) is 11.2. The zero-order valence-electron chi connectivity index (χ0n) is 8.77. The molecule has 0 heterocycles. The molecule has 0 aliphatic rings. The fourth-order valence-electron chi connectivity index (χ4n) is 1.41. The molecular formula is C12H18O2. The van der Waals surface area contributed by atoms with Crippen molar-refractivity contribution in [1.29, 1.82) is 0 Å². The maximum absolute atomic E-state index is 9.55. The molecule has 0 bridgehead atoms. The van der Waals surface area contributed by atoms with E-state index in [1.807, 2.05) is 38.1 Å². The molecule has 0 aliphatic heterocycles. The van der Waals surface area contributed by atoms with Gasteiger partial charge < -0.3 is 10.2 Å². The lowest BCUT2D eigenvalue weighted by atomic mass is 10.0. The van der Waals surface area contributed by atoms with Gasteiger partial charge >= 0.3 is 0 Å². The largest absolute Gasteiger partial charge is 0.388 e. The number of benzene rings is 1. The minimum absolute atomic E-state index is 0.386. The van der Waals surface area contributed by atoms with Crippen LogP contribution in [0.15, 0.2) is 24.3 Å². The lowest BCUT2D eigenvalue weighted by molar-refractivity contribution is 0.170. The smallest absolute Gasteiger partial charge is 0.0787 e. The number of aliphatic hydroxyl groups excluding tert-OH is 2. The van der Waals surface area contributed by atoms with Crippen LogP contribution in [-0.2, 0) is 0 Å². The standard InChI is InChI=1S/C12H18O2/c1-3-11(13)9-5-7-10(8-6-9)12(14)4-2/h5-8,11-14H,3-4H2,1-2H3/t11-,12+. The zero-order chi connectivity index (χ0) is 10.6. The van der Waals surface area contributed by atoms with E-state index in [2.05, 4.69) is 0 Å².